The standard InChI is InChI=1S/C19H19NO5/c1-11(2)25-13-7-4-6-12(10-13)16-15(18(22)19(23)20(16)3)17(21)14-8-5-9-24-14/h4-11,16,22H,1-3H3. The summed E-state index contributed by atoms with van der Waals surface area (Å²) < 4.78 is 10.8. The molecule has 3 rings (SSSR count). The quantitative estimate of drug-likeness (QED) is 0.844. The predicted molar refractivity (Wildman–Crippen MR) is 90.4 cm³/mol. The number of rotatable bonds is 5. The molecule has 2 heterocycles. The largest absolute Gasteiger partial charge is 0.503 e. The summed E-state index contributed by atoms with van der Waals surface area (Å²) in [6.07, 6.45) is 1.36. The van der Waals surface area contributed by atoms with Crippen LogP contribution in [0, 0.1) is 0 Å². The first-order chi connectivity index (χ1) is 11.9. The number of hydrogen-bond acceptors (Lipinski definition) is 5. The van der Waals surface area contributed by atoms with E-state index in [-0.39, 0.29) is 17.4 Å². The van der Waals surface area contributed by atoms with Crippen molar-refractivity contribution in [1.29, 1.82) is 0 Å². The van der Waals surface area contributed by atoms with Crippen LogP contribution in [0.1, 0.15) is 36.0 Å². The molecule has 1 unspecified atom stereocenters. The van der Waals surface area contributed by atoms with Crippen molar-refractivity contribution in [2.24, 2.45) is 0 Å². The van der Waals surface area contributed by atoms with Crippen molar-refractivity contribution >= 4 is 11.7 Å². The van der Waals surface area contributed by atoms with Crippen LogP contribution in [0.2, 0.25) is 0 Å². The number of nitrogens with zero attached hydrogens (tertiary/aromatic N) is 1. The van der Waals surface area contributed by atoms with E-state index in [4.69, 9.17) is 9.15 Å². The summed E-state index contributed by atoms with van der Waals surface area (Å²) in [5, 5.41) is 10.2. The van der Waals surface area contributed by atoms with Gasteiger partial charge in [0.2, 0.25) is 5.78 Å². The van der Waals surface area contributed by atoms with Gasteiger partial charge in [0.15, 0.2) is 11.5 Å². The molecule has 1 N–H and O–H groups in total. The Morgan fingerprint density at radius 2 is 2.04 bits per heavy atom. The maximum Gasteiger partial charge on any atom is 0.289 e. The summed E-state index contributed by atoms with van der Waals surface area (Å²) in [6, 6.07) is 9.52. The molecule has 0 fully saturated rings. The van der Waals surface area contributed by atoms with Crippen LogP contribution in [0.3, 0.4) is 0 Å². The van der Waals surface area contributed by atoms with E-state index in [2.05, 4.69) is 0 Å². The number of aliphatic hydroxyl groups is 1. The highest BCUT2D eigenvalue weighted by atomic mass is 16.5. The van der Waals surface area contributed by atoms with Crippen molar-refractivity contribution in [3.8, 4) is 5.75 Å². The third-order valence-electron chi connectivity index (χ3n) is 3.97. The van der Waals surface area contributed by atoms with Crippen LogP contribution in [0.5, 0.6) is 5.75 Å². The van der Waals surface area contributed by atoms with Gasteiger partial charge in [0, 0.05) is 7.05 Å². The molecule has 1 amide bonds. The van der Waals surface area contributed by atoms with Crippen LogP contribution in [0.25, 0.3) is 0 Å². The molecule has 2 aromatic rings. The molecule has 1 aromatic carbocycles. The molecule has 1 aromatic heterocycles. The van der Waals surface area contributed by atoms with E-state index in [1.54, 1.807) is 37.4 Å². The molecule has 0 saturated heterocycles. The lowest BCUT2D eigenvalue weighted by atomic mass is 9.95. The van der Waals surface area contributed by atoms with Crippen molar-refractivity contribution in [1.82, 2.24) is 4.90 Å². The fraction of sp³-hybridized carbons (Fsp3) is 0.263. The van der Waals surface area contributed by atoms with Crippen LogP contribution in [-0.2, 0) is 4.79 Å². The molecule has 6 nitrogen and oxygen atoms in total. The second-order valence-corrected chi connectivity index (χ2v) is 6.13. The number of Topliss-reactive ketones (excluding diaryl/α,β-unsaturated/α-hetero) is 1. The normalized spacial score (nSPS) is 17.5. The third-order valence-corrected chi connectivity index (χ3v) is 3.97. The molecule has 1 aliphatic rings. The number of carbonyl (C=O) groups excluding carboxylic acids is 2. The van der Waals surface area contributed by atoms with Gasteiger partial charge in [0.25, 0.3) is 5.91 Å². The van der Waals surface area contributed by atoms with Crippen molar-refractivity contribution in [2.45, 2.75) is 26.0 Å². The molecule has 130 valence electrons. The molecular weight excluding hydrogens is 322 g/mol. The van der Waals surface area contributed by atoms with Gasteiger partial charge in [0.1, 0.15) is 5.75 Å². The topological polar surface area (TPSA) is 80.0 Å². The Kier molecular flexibility index (Phi) is 4.35. The third kappa shape index (κ3) is 3.03. The van der Waals surface area contributed by atoms with Crippen molar-refractivity contribution in [2.75, 3.05) is 7.05 Å². The number of amides is 1. The fourth-order valence-corrected chi connectivity index (χ4v) is 2.92. The summed E-state index contributed by atoms with van der Waals surface area (Å²) in [5.41, 5.74) is 0.678. The Hall–Kier alpha value is -3.02. The van der Waals surface area contributed by atoms with Crippen LogP contribution in [0.15, 0.2) is 58.4 Å². The molecule has 0 bridgehead atoms. The van der Waals surface area contributed by atoms with Gasteiger partial charge in [-0.15, -0.1) is 0 Å². The molecule has 25 heavy (non-hydrogen) atoms. The van der Waals surface area contributed by atoms with E-state index in [0.717, 1.165) is 0 Å². The van der Waals surface area contributed by atoms with Crippen LogP contribution >= 0.6 is 0 Å². The summed E-state index contributed by atoms with van der Waals surface area (Å²) in [7, 11) is 1.54. The zero-order chi connectivity index (χ0) is 18.1. The van der Waals surface area contributed by atoms with E-state index in [9.17, 15) is 14.7 Å². The predicted octanol–water partition coefficient (Wildman–Crippen LogP) is 3.27. The number of hydrogen-bond donors (Lipinski definition) is 1. The van der Waals surface area contributed by atoms with E-state index < -0.39 is 23.5 Å². The molecule has 1 aliphatic heterocycles. The summed E-state index contributed by atoms with van der Waals surface area (Å²) in [5.74, 6) is -0.965. The van der Waals surface area contributed by atoms with Gasteiger partial charge in [-0.05, 0) is 43.7 Å². The Labute approximate surface area is 145 Å². The minimum absolute atomic E-state index is 0.00384. The second-order valence-electron chi connectivity index (χ2n) is 6.13. The first-order valence-corrected chi connectivity index (χ1v) is 7.95. The van der Waals surface area contributed by atoms with Gasteiger partial charge >= 0.3 is 0 Å². The van der Waals surface area contributed by atoms with Gasteiger partial charge in [-0.3, -0.25) is 9.59 Å². The molecule has 1 atom stereocenters. The minimum Gasteiger partial charge on any atom is -0.503 e. The number of ether oxygens (including phenoxy) is 1. The van der Waals surface area contributed by atoms with E-state index in [1.165, 1.54) is 17.2 Å². The van der Waals surface area contributed by atoms with Gasteiger partial charge < -0.3 is 19.2 Å². The number of likely N-dealkylation sites (N-methyl/N-ethyl adjacent to an activating group) is 1. The van der Waals surface area contributed by atoms with Crippen LogP contribution in [0.4, 0.5) is 0 Å². The molecule has 6 heteroatoms. The van der Waals surface area contributed by atoms with E-state index in [1.807, 2.05) is 13.8 Å². The summed E-state index contributed by atoms with van der Waals surface area (Å²) in [6.45, 7) is 3.82. The van der Waals surface area contributed by atoms with Crippen molar-refractivity contribution in [3.63, 3.8) is 0 Å². The smallest absolute Gasteiger partial charge is 0.289 e. The lowest BCUT2D eigenvalue weighted by molar-refractivity contribution is -0.128. The van der Waals surface area contributed by atoms with Gasteiger partial charge in [0.05, 0.1) is 24.0 Å². The molecular formula is C19H19NO5. The lowest BCUT2D eigenvalue weighted by Gasteiger charge is -2.23. The zero-order valence-electron chi connectivity index (χ0n) is 14.2. The molecule has 0 saturated carbocycles. The number of benzene rings is 1. The number of ketones is 1. The average molecular weight is 341 g/mol. The zero-order valence-corrected chi connectivity index (χ0v) is 14.2. The SMILES string of the molecule is CC(C)Oc1cccc(C2C(C(=O)c3ccco3)=C(O)C(=O)N2C)c1. The van der Waals surface area contributed by atoms with Gasteiger partial charge in [-0.2, -0.15) is 0 Å². The first kappa shape index (κ1) is 16.8. The minimum atomic E-state index is -0.708. The molecule has 0 spiro atoms. The van der Waals surface area contributed by atoms with Crippen LogP contribution < -0.4 is 4.74 Å². The van der Waals surface area contributed by atoms with E-state index in [0.29, 0.717) is 11.3 Å². The monoisotopic (exact) mass is 341 g/mol. The average Bonchev–Trinajstić information content (AvgIpc) is 3.17. The number of aliphatic hydroxyl groups excluding tert-OH is 1. The first-order valence-electron chi connectivity index (χ1n) is 7.95. The van der Waals surface area contributed by atoms with Gasteiger partial charge in [-0.1, -0.05) is 12.1 Å². The Balaban J connectivity index is 2.04. The van der Waals surface area contributed by atoms with Gasteiger partial charge in [-0.25, -0.2) is 0 Å². The Bertz CT molecular complexity index is 835. The second kappa shape index (κ2) is 6.47. The maximum atomic E-state index is 12.7. The maximum absolute atomic E-state index is 12.7. The highest BCUT2D eigenvalue weighted by Crippen LogP contribution is 2.38. The Morgan fingerprint density at radius 1 is 1.28 bits per heavy atom. The van der Waals surface area contributed by atoms with E-state index >= 15 is 0 Å². The van der Waals surface area contributed by atoms with Crippen molar-refractivity contribution < 1.29 is 23.8 Å². The highest BCUT2D eigenvalue weighted by Gasteiger charge is 2.42. The molecule has 0 aliphatic carbocycles. The fourth-order valence-electron chi connectivity index (χ4n) is 2.92. The lowest BCUT2D eigenvalue weighted by Crippen LogP contribution is -2.26. The highest BCUT2D eigenvalue weighted by molar-refractivity contribution is 6.14. The Morgan fingerprint density at radius 3 is 2.68 bits per heavy atom. The summed E-state index contributed by atoms with van der Waals surface area (Å²) >= 11 is 0. The molecule has 0 radical (unpaired) electrons. The number of furan rings is 1. The van der Waals surface area contributed by atoms with Crippen LogP contribution in [-0.4, -0.2) is 34.8 Å². The number of carbonyl (C=O) groups is 2. The van der Waals surface area contributed by atoms with Crippen molar-refractivity contribution in [3.05, 3.63) is 65.3 Å². The summed E-state index contributed by atoms with van der Waals surface area (Å²) in [4.78, 5) is 26.3.